The molecular weight excluding hydrogens is 315 g/mol. The van der Waals surface area contributed by atoms with Crippen LogP contribution in [0.3, 0.4) is 0 Å². The third kappa shape index (κ3) is 3.54. The average Bonchev–Trinajstić information content (AvgIpc) is 2.58. The first kappa shape index (κ1) is 16.0. The van der Waals surface area contributed by atoms with Crippen LogP contribution in [0.15, 0.2) is 42.5 Å². The number of hydrogen-bond donors (Lipinski definition) is 2. The molecule has 1 amide bonds. The second kappa shape index (κ2) is 7.11. The van der Waals surface area contributed by atoms with Gasteiger partial charge in [-0.3, -0.25) is 4.79 Å². The molecule has 3 nitrogen and oxygen atoms in total. The zero-order valence-corrected chi connectivity index (χ0v) is 13.4. The summed E-state index contributed by atoms with van der Waals surface area (Å²) in [5.74, 6) is -0.662. The Morgan fingerprint density at radius 3 is 2.65 bits per heavy atom. The number of piperidine rings is 1. The van der Waals surface area contributed by atoms with Gasteiger partial charge in [-0.15, -0.1) is 0 Å². The van der Waals surface area contributed by atoms with Gasteiger partial charge in [0.25, 0.3) is 0 Å². The van der Waals surface area contributed by atoms with Gasteiger partial charge < -0.3 is 10.6 Å². The highest BCUT2D eigenvalue weighted by molar-refractivity contribution is 6.33. The van der Waals surface area contributed by atoms with Crippen molar-refractivity contribution in [3.63, 3.8) is 0 Å². The second-order valence-corrected chi connectivity index (χ2v) is 6.05. The van der Waals surface area contributed by atoms with E-state index >= 15 is 0 Å². The van der Waals surface area contributed by atoms with E-state index in [0.29, 0.717) is 16.1 Å². The molecule has 23 heavy (non-hydrogen) atoms. The molecule has 1 aliphatic heterocycles. The first-order valence-corrected chi connectivity index (χ1v) is 8.12. The van der Waals surface area contributed by atoms with Gasteiger partial charge in [0, 0.05) is 16.1 Å². The Labute approximate surface area is 139 Å². The Hall–Kier alpha value is -1.91. The summed E-state index contributed by atoms with van der Waals surface area (Å²) >= 11 is 6.15. The van der Waals surface area contributed by atoms with Gasteiger partial charge in [0.2, 0.25) is 5.91 Å². The number of nitrogens with one attached hydrogen (secondary N) is 2. The van der Waals surface area contributed by atoms with Crippen LogP contribution in [0.5, 0.6) is 0 Å². The molecule has 1 saturated heterocycles. The molecule has 1 heterocycles. The van der Waals surface area contributed by atoms with Crippen LogP contribution in [0.25, 0.3) is 11.1 Å². The fourth-order valence-corrected chi connectivity index (χ4v) is 3.05. The number of benzene rings is 2. The molecule has 2 aromatic carbocycles. The molecular formula is C18H18ClFN2O. The number of halogens is 2. The number of carbonyl (C=O) groups excluding carboxylic acids is 1. The third-order valence-electron chi connectivity index (χ3n) is 4.05. The predicted molar refractivity (Wildman–Crippen MR) is 91.1 cm³/mol. The maximum absolute atomic E-state index is 14.8. The van der Waals surface area contributed by atoms with E-state index in [1.54, 1.807) is 42.5 Å². The Bertz CT molecular complexity index is 714. The minimum Gasteiger partial charge on any atom is -0.322 e. The largest absolute Gasteiger partial charge is 0.322 e. The molecule has 1 atom stereocenters. The molecule has 0 unspecified atom stereocenters. The molecule has 0 saturated carbocycles. The van der Waals surface area contributed by atoms with Crippen LogP contribution in [-0.4, -0.2) is 18.5 Å². The Kier molecular flexibility index (Phi) is 4.94. The van der Waals surface area contributed by atoms with Crippen LogP contribution in [0.4, 0.5) is 10.1 Å². The summed E-state index contributed by atoms with van der Waals surface area (Å²) in [6, 6.07) is 11.8. The number of rotatable bonds is 3. The molecule has 1 fully saturated rings. The van der Waals surface area contributed by atoms with Crippen LogP contribution in [-0.2, 0) is 4.79 Å². The number of carbonyl (C=O) groups is 1. The molecule has 0 aromatic heterocycles. The quantitative estimate of drug-likeness (QED) is 0.883. The highest BCUT2D eigenvalue weighted by atomic mass is 35.5. The van der Waals surface area contributed by atoms with Crippen molar-refractivity contribution in [3.8, 4) is 11.1 Å². The molecule has 0 radical (unpaired) electrons. The molecule has 2 N–H and O–H groups in total. The van der Waals surface area contributed by atoms with Gasteiger partial charge in [-0.25, -0.2) is 4.39 Å². The van der Waals surface area contributed by atoms with Crippen molar-refractivity contribution in [2.45, 2.75) is 25.3 Å². The lowest BCUT2D eigenvalue weighted by atomic mass is 10.0. The lowest BCUT2D eigenvalue weighted by Crippen LogP contribution is -2.43. The van der Waals surface area contributed by atoms with Crippen molar-refractivity contribution in [2.75, 3.05) is 11.9 Å². The summed E-state index contributed by atoms with van der Waals surface area (Å²) in [5, 5.41) is 6.32. The smallest absolute Gasteiger partial charge is 0.241 e. The van der Waals surface area contributed by atoms with E-state index in [1.165, 1.54) is 0 Å². The van der Waals surface area contributed by atoms with Crippen molar-refractivity contribution in [1.82, 2.24) is 5.32 Å². The van der Waals surface area contributed by atoms with Crippen LogP contribution in [0.1, 0.15) is 19.3 Å². The monoisotopic (exact) mass is 332 g/mol. The maximum Gasteiger partial charge on any atom is 0.241 e. The lowest BCUT2D eigenvalue weighted by Gasteiger charge is -2.22. The normalized spacial score (nSPS) is 17.7. The van der Waals surface area contributed by atoms with E-state index in [9.17, 15) is 9.18 Å². The summed E-state index contributed by atoms with van der Waals surface area (Å²) < 4.78 is 14.8. The van der Waals surface area contributed by atoms with Gasteiger partial charge in [-0.05, 0) is 31.5 Å². The third-order valence-corrected chi connectivity index (χ3v) is 4.38. The highest BCUT2D eigenvalue weighted by Gasteiger charge is 2.22. The molecule has 0 spiro atoms. The zero-order chi connectivity index (χ0) is 16.2. The highest BCUT2D eigenvalue weighted by Crippen LogP contribution is 2.32. The van der Waals surface area contributed by atoms with Gasteiger partial charge in [0.1, 0.15) is 0 Å². The van der Waals surface area contributed by atoms with Crippen molar-refractivity contribution in [2.24, 2.45) is 0 Å². The van der Waals surface area contributed by atoms with Crippen molar-refractivity contribution >= 4 is 23.2 Å². The SMILES string of the molecule is O=C(Nc1cccc(-c2ccccc2Cl)c1F)[C@@H]1CCCCN1. The maximum atomic E-state index is 14.8. The van der Waals surface area contributed by atoms with E-state index in [1.807, 2.05) is 0 Å². The van der Waals surface area contributed by atoms with Gasteiger partial charge in [-0.1, -0.05) is 48.4 Å². The van der Waals surface area contributed by atoms with Crippen LogP contribution in [0.2, 0.25) is 5.02 Å². The van der Waals surface area contributed by atoms with Crippen molar-refractivity contribution in [3.05, 3.63) is 53.3 Å². The van der Waals surface area contributed by atoms with Gasteiger partial charge in [-0.2, -0.15) is 0 Å². The van der Waals surface area contributed by atoms with Gasteiger partial charge in [0.15, 0.2) is 5.82 Å². The topological polar surface area (TPSA) is 41.1 Å². The molecule has 3 rings (SSSR count). The fourth-order valence-electron chi connectivity index (χ4n) is 2.81. The summed E-state index contributed by atoms with van der Waals surface area (Å²) in [5.41, 5.74) is 1.17. The molecule has 2 aromatic rings. The van der Waals surface area contributed by atoms with E-state index in [0.717, 1.165) is 25.8 Å². The number of anilines is 1. The summed E-state index contributed by atoms with van der Waals surface area (Å²) in [4.78, 5) is 12.3. The summed E-state index contributed by atoms with van der Waals surface area (Å²) in [6.45, 7) is 0.820. The minimum absolute atomic E-state index is 0.180. The van der Waals surface area contributed by atoms with Gasteiger partial charge in [0.05, 0.1) is 11.7 Å². The summed E-state index contributed by atoms with van der Waals surface area (Å²) in [7, 11) is 0. The van der Waals surface area contributed by atoms with E-state index < -0.39 is 5.82 Å². The zero-order valence-electron chi connectivity index (χ0n) is 12.6. The first-order valence-electron chi connectivity index (χ1n) is 7.74. The first-order chi connectivity index (χ1) is 11.2. The van der Waals surface area contributed by atoms with Crippen molar-refractivity contribution in [1.29, 1.82) is 0 Å². The molecule has 0 bridgehead atoms. The van der Waals surface area contributed by atoms with Crippen LogP contribution in [0, 0.1) is 5.82 Å². The van der Waals surface area contributed by atoms with E-state index in [2.05, 4.69) is 10.6 Å². The van der Waals surface area contributed by atoms with Crippen LogP contribution >= 0.6 is 11.6 Å². The Morgan fingerprint density at radius 1 is 1.13 bits per heavy atom. The standard InChI is InChI=1S/C18H18ClFN2O/c19-14-8-2-1-6-12(14)13-7-5-10-15(17(13)20)22-18(23)16-9-3-4-11-21-16/h1-2,5-8,10,16,21H,3-4,9,11H2,(H,22,23)/t16-/m0/s1. The Morgan fingerprint density at radius 2 is 1.91 bits per heavy atom. The molecule has 1 aliphatic rings. The van der Waals surface area contributed by atoms with Gasteiger partial charge >= 0.3 is 0 Å². The summed E-state index contributed by atoms with van der Waals surface area (Å²) in [6.07, 6.45) is 2.85. The van der Waals surface area contributed by atoms with Crippen molar-refractivity contribution < 1.29 is 9.18 Å². The molecule has 0 aliphatic carbocycles. The lowest BCUT2D eigenvalue weighted by molar-refractivity contribution is -0.118. The number of amides is 1. The Balaban J connectivity index is 1.85. The number of hydrogen-bond acceptors (Lipinski definition) is 2. The van der Waals surface area contributed by atoms with Crippen LogP contribution < -0.4 is 10.6 Å². The fraction of sp³-hybridized carbons (Fsp3) is 0.278. The minimum atomic E-state index is -0.468. The predicted octanol–water partition coefficient (Wildman–Crippen LogP) is 4.23. The molecule has 120 valence electrons. The van der Waals surface area contributed by atoms with E-state index in [4.69, 9.17) is 11.6 Å². The van der Waals surface area contributed by atoms with E-state index in [-0.39, 0.29) is 17.6 Å². The second-order valence-electron chi connectivity index (χ2n) is 5.64. The molecule has 5 heteroatoms. The average molecular weight is 333 g/mol.